The molecule has 10 heteroatoms. The van der Waals surface area contributed by atoms with E-state index in [4.69, 9.17) is 23.7 Å². The van der Waals surface area contributed by atoms with Gasteiger partial charge < -0.3 is 34.1 Å². The largest absolute Gasteiger partial charge is 0.511 e. The highest BCUT2D eigenvalue weighted by Gasteiger charge is 2.37. The van der Waals surface area contributed by atoms with Crippen LogP contribution in [0.5, 0.6) is 0 Å². The molecule has 0 heterocycles. The van der Waals surface area contributed by atoms with Crippen LogP contribution in [0.2, 0.25) is 0 Å². The van der Waals surface area contributed by atoms with E-state index >= 15 is 0 Å². The maximum Gasteiger partial charge on any atom is 0.407 e. The molecule has 44 heavy (non-hydrogen) atoms. The van der Waals surface area contributed by atoms with Crippen molar-refractivity contribution in [2.75, 3.05) is 66.0 Å². The highest BCUT2D eigenvalue weighted by Crippen LogP contribution is 2.44. The van der Waals surface area contributed by atoms with Crippen LogP contribution >= 0.6 is 0 Å². The van der Waals surface area contributed by atoms with Crippen molar-refractivity contribution in [1.82, 2.24) is 5.32 Å². The number of carbonyl (C=O) groups is 3. The molecule has 238 valence electrons. The summed E-state index contributed by atoms with van der Waals surface area (Å²) in [5.41, 5.74) is 4.29. The van der Waals surface area contributed by atoms with Crippen LogP contribution in [0.3, 0.4) is 0 Å². The van der Waals surface area contributed by atoms with Crippen molar-refractivity contribution in [1.29, 1.82) is 0 Å². The number of fused-ring (bicyclic) bond motifs is 3. The normalized spacial score (nSPS) is 15.6. The summed E-state index contributed by atoms with van der Waals surface area (Å²) in [6, 6.07) is 16.4. The van der Waals surface area contributed by atoms with Crippen molar-refractivity contribution >= 4 is 17.7 Å². The average Bonchev–Trinajstić information content (AvgIpc) is 3.30. The van der Waals surface area contributed by atoms with Gasteiger partial charge in [0.25, 0.3) is 0 Å². The molecule has 1 amide bonds. The van der Waals surface area contributed by atoms with Crippen LogP contribution in [-0.4, -0.2) is 88.8 Å². The molecule has 2 N–H and O–H groups in total. The molecule has 0 bridgehead atoms. The molecule has 1 saturated carbocycles. The Bertz CT molecular complexity index is 1250. The molecule has 2 aromatic rings. The Morgan fingerprint density at radius 1 is 0.773 bits per heavy atom. The molecule has 4 rings (SSSR count). The minimum absolute atomic E-state index is 0.0237. The van der Waals surface area contributed by atoms with Gasteiger partial charge in [0.15, 0.2) is 11.6 Å². The van der Waals surface area contributed by atoms with Crippen LogP contribution in [0.4, 0.5) is 4.79 Å². The maximum atomic E-state index is 12.2. The van der Waals surface area contributed by atoms with Gasteiger partial charge in [0.1, 0.15) is 12.4 Å². The fourth-order valence-electron chi connectivity index (χ4n) is 5.52. The van der Waals surface area contributed by atoms with E-state index in [0.717, 1.165) is 0 Å². The molecule has 2 aliphatic rings. The zero-order valence-electron chi connectivity index (χ0n) is 25.6. The Hall–Kier alpha value is -3.57. The lowest BCUT2D eigenvalue weighted by atomic mass is 9.73. The van der Waals surface area contributed by atoms with Crippen molar-refractivity contribution in [2.45, 2.75) is 39.0 Å². The number of allylic oxidation sites excluding steroid dienone is 1. The summed E-state index contributed by atoms with van der Waals surface area (Å²) in [5.74, 6) is -0.777. The summed E-state index contributed by atoms with van der Waals surface area (Å²) < 4.78 is 27.4. The van der Waals surface area contributed by atoms with Gasteiger partial charge in [-0.25, -0.2) is 4.79 Å². The highest BCUT2D eigenvalue weighted by atomic mass is 16.6. The van der Waals surface area contributed by atoms with Gasteiger partial charge in [0, 0.05) is 31.7 Å². The van der Waals surface area contributed by atoms with Crippen LogP contribution < -0.4 is 5.32 Å². The van der Waals surface area contributed by atoms with E-state index in [1.165, 1.54) is 22.3 Å². The molecule has 0 saturated heterocycles. The molecule has 0 atom stereocenters. The SMILES string of the molecule is CC1(C)CC(=O)C(=C(O)CCOCCOCCOCCOCCNC(=O)OCC2c3ccccc3-c3ccccc32)C(=O)C1. The summed E-state index contributed by atoms with van der Waals surface area (Å²) in [4.78, 5) is 36.6. The number of amides is 1. The predicted molar refractivity (Wildman–Crippen MR) is 164 cm³/mol. The van der Waals surface area contributed by atoms with Crippen molar-refractivity contribution in [2.24, 2.45) is 5.41 Å². The zero-order valence-corrected chi connectivity index (χ0v) is 25.6. The smallest absolute Gasteiger partial charge is 0.407 e. The van der Waals surface area contributed by atoms with E-state index in [1.54, 1.807) is 0 Å². The second kappa shape index (κ2) is 16.5. The van der Waals surface area contributed by atoms with Crippen LogP contribution in [0.1, 0.15) is 50.2 Å². The number of hydrogen-bond donors (Lipinski definition) is 2. The number of alkyl carbamates (subject to hydrolysis) is 1. The van der Waals surface area contributed by atoms with Crippen LogP contribution in [-0.2, 0) is 33.3 Å². The van der Waals surface area contributed by atoms with E-state index < -0.39 is 6.09 Å². The second-order valence-electron chi connectivity index (χ2n) is 11.6. The molecular formula is C34H43NO9. The van der Waals surface area contributed by atoms with Crippen LogP contribution in [0.15, 0.2) is 59.9 Å². The third-order valence-corrected chi connectivity index (χ3v) is 7.58. The summed E-state index contributed by atoms with van der Waals surface area (Å²) in [6.45, 7) is 7.11. The van der Waals surface area contributed by atoms with E-state index in [1.807, 2.05) is 38.1 Å². The van der Waals surface area contributed by atoms with Crippen molar-refractivity contribution < 1.29 is 43.2 Å². The second-order valence-corrected chi connectivity index (χ2v) is 11.6. The quantitative estimate of drug-likeness (QED) is 0.113. The van der Waals surface area contributed by atoms with Crippen LogP contribution in [0.25, 0.3) is 11.1 Å². The van der Waals surface area contributed by atoms with E-state index in [0.29, 0.717) is 52.8 Å². The molecule has 0 radical (unpaired) electrons. The van der Waals surface area contributed by atoms with E-state index in [-0.39, 0.29) is 66.7 Å². The number of aliphatic hydroxyl groups excluding tert-OH is 1. The molecule has 10 nitrogen and oxygen atoms in total. The fourth-order valence-corrected chi connectivity index (χ4v) is 5.52. The zero-order chi connectivity index (χ0) is 31.4. The fraction of sp³-hybridized carbons (Fsp3) is 0.500. The number of aliphatic hydroxyl groups is 1. The van der Waals surface area contributed by atoms with Gasteiger partial charge in [-0.2, -0.15) is 0 Å². The van der Waals surface area contributed by atoms with Crippen molar-refractivity contribution in [3.05, 3.63) is 71.0 Å². The molecule has 0 aliphatic heterocycles. The summed E-state index contributed by atoms with van der Waals surface area (Å²) in [6.07, 6.45) is 0.140. The van der Waals surface area contributed by atoms with Gasteiger partial charge in [-0.15, -0.1) is 0 Å². The van der Waals surface area contributed by atoms with Crippen molar-refractivity contribution in [3.63, 3.8) is 0 Å². The highest BCUT2D eigenvalue weighted by molar-refractivity contribution is 6.22. The Kier molecular flexibility index (Phi) is 12.5. The van der Waals surface area contributed by atoms with Gasteiger partial charge >= 0.3 is 6.09 Å². The maximum absolute atomic E-state index is 12.2. The van der Waals surface area contributed by atoms with Gasteiger partial charge in [-0.3, -0.25) is 9.59 Å². The summed E-state index contributed by atoms with van der Waals surface area (Å²) in [5, 5.41) is 12.9. The average molecular weight is 610 g/mol. The standard InChI is InChI=1S/C34H43NO9/c1-34(2)21-30(37)32(31(38)22-34)29(36)11-13-40-15-17-42-19-20-43-18-16-41-14-12-35-33(39)44-23-28-26-9-5-3-7-24(26)25-8-4-6-10-27(25)28/h3-10,28,36H,11-23H2,1-2H3,(H,35,39). The molecule has 0 aromatic heterocycles. The Labute approximate surface area is 258 Å². The number of ether oxygens (including phenoxy) is 5. The number of Topliss-reactive ketones (excluding diaryl/α,β-unsaturated/α-hetero) is 2. The van der Waals surface area contributed by atoms with Gasteiger partial charge in [-0.1, -0.05) is 62.4 Å². The molecule has 0 unspecified atom stereocenters. The van der Waals surface area contributed by atoms with E-state index in [2.05, 4.69) is 29.6 Å². The van der Waals surface area contributed by atoms with E-state index in [9.17, 15) is 19.5 Å². The molecule has 1 fully saturated rings. The number of carbonyl (C=O) groups excluding carboxylic acids is 3. The minimum atomic E-state index is -0.472. The Morgan fingerprint density at radius 3 is 1.80 bits per heavy atom. The first-order chi connectivity index (χ1) is 21.3. The number of rotatable bonds is 17. The number of hydrogen-bond acceptors (Lipinski definition) is 9. The molecular weight excluding hydrogens is 566 g/mol. The number of ketones is 2. The number of nitrogens with one attached hydrogen (secondary N) is 1. The van der Waals surface area contributed by atoms with Gasteiger partial charge in [0.05, 0.1) is 58.4 Å². The number of benzene rings is 2. The third kappa shape index (κ3) is 9.46. The summed E-state index contributed by atoms with van der Waals surface area (Å²) >= 11 is 0. The lowest BCUT2D eigenvalue weighted by molar-refractivity contribution is -0.127. The first kappa shape index (κ1) is 33.3. The first-order valence-corrected chi connectivity index (χ1v) is 15.1. The molecule has 2 aliphatic carbocycles. The van der Waals surface area contributed by atoms with Crippen LogP contribution in [0, 0.1) is 5.41 Å². The summed E-state index contributed by atoms with van der Waals surface area (Å²) in [7, 11) is 0. The van der Waals surface area contributed by atoms with Crippen molar-refractivity contribution in [3.8, 4) is 11.1 Å². The third-order valence-electron chi connectivity index (χ3n) is 7.58. The van der Waals surface area contributed by atoms with Gasteiger partial charge in [0.2, 0.25) is 0 Å². The monoisotopic (exact) mass is 609 g/mol. The predicted octanol–water partition coefficient (Wildman–Crippen LogP) is 4.75. The molecule has 2 aromatic carbocycles. The molecule has 0 spiro atoms. The minimum Gasteiger partial charge on any atom is -0.511 e. The Morgan fingerprint density at radius 2 is 1.25 bits per heavy atom. The Balaban J connectivity index is 0.950. The van der Waals surface area contributed by atoms with Gasteiger partial charge in [-0.05, 0) is 27.7 Å². The lowest BCUT2D eigenvalue weighted by Gasteiger charge is -2.28. The first-order valence-electron chi connectivity index (χ1n) is 15.1. The topological polar surface area (TPSA) is 130 Å². The lowest BCUT2D eigenvalue weighted by Crippen LogP contribution is -2.32.